The number of rotatable bonds is 6. The van der Waals surface area contributed by atoms with E-state index in [2.05, 4.69) is 24.1 Å². The van der Waals surface area contributed by atoms with E-state index in [1.54, 1.807) is 7.05 Å². The number of ether oxygens (including phenoxy) is 1. The quantitative estimate of drug-likeness (QED) is 0.633. The van der Waals surface area contributed by atoms with E-state index in [4.69, 9.17) is 4.74 Å². The summed E-state index contributed by atoms with van der Waals surface area (Å²) in [6.45, 7) is 6.05. The Kier molecular flexibility index (Phi) is 5.11. The Morgan fingerprint density at radius 2 is 1.77 bits per heavy atom. The van der Waals surface area contributed by atoms with Gasteiger partial charge in [-0.15, -0.1) is 0 Å². The highest BCUT2D eigenvalue weighted by Crippen LogP contribution is 2.42. The molecule has 0 aliphatic carbocycles. The van der Waals surface area contributed by atoms with Crippen molar-refractivity contribution < 1.29 is 9.66 Å². The van der Waals surface area contributed by atoms with Crippen LogP contribution in [0.4, 0.5) is 5.69 Å². The first-order valence-corrected chi connectivity index (χ1v) is 8.78. The monoisotopic (exact) mass is 353 g/mol. The van der Waals surface area contributed by atoms with E-state index in [1.165, 1.54) is 0 Å². The number of fused-ring (bicyclic) bond motifs is 1. The van der Waals surface area contributed by atoms with E-state index in [1.807, 2.05) is 48.5 Å². The van der Waals surface area contributed by atoms with Crippen molar-refractivity contribution in [2.45, 2.75) is 19.8 Å². The van der Waals surface area contributed by atoms with Crippen molar-refractivity contribution in [2.24, 2.45) is 0 Å². The first kappa shape index (κ1) is 17.8. The Morgan fingerprint density at radius 1 is 1.12 bits per heavy atom. The zero-order chi connectivity index (χ0) is 18.7. The first-order valence-electron chi connectivity index (χ1n) is 8.78. The van der Waals surface area contributed by atoms with Gasteiger partial charge in [0.1, 0.15) is 11.7 Å². The minimum atomic E-state index is -0.483. The number of para-hydroxylation sites is 1. The van der Waals surface area contributed by atoms with Gasteiger partial charge in [-0.1, -0.05) is 30.3 Å². The second-order valence-corrected chi connectivity index (χ2v) is 6.06. The Hall–Kier alpha value is -3.02. The molecule has 1 aliphatic rings. The topological polar surface area (TPSA) is 67.6 Å². The molecule has 0 spiro atoms. The predicted octanol–water partition coefficient (Wildman–Crippen LogP) is 3.72. The molecular weight excluding hydrogens is 330 g/mol. The van der Waals surface area contributed by atoms with Gasteiger partial charge in [0.25, 0.3) is 5.88 Å². The van der Waals surface area contributed by atoms with E-state index in [9.17, 15) is 10.1 Å². The van der Waals surface area contributed by atoms with Gasteiger partial charge < -0.3 is 15.0 Å². The molecule has 0 aromatic heterocycles. The standard InChI is InChI=1S/C20H23N3O3/c1-4-22(5-2)15-12-10-14(11-13-15)18-16-8-6-7-9-17(16)26-20(21-3)19(18)23(24)25/h6-13,18,21H,4-5H2,1-3H3/t18-/m0/s1. The van der Waals surface area contributed by atoms with Crippen LogP contribution in [0.2, 0.25) is 0 Å². The van der Waals surface area contributed by atoms with Crippen molar-refractivity contribution in [3.05, 3.63) is 81.4 Å². The minimum absolute atomic E-state index is 0.0294. The normalized spacial score (nSPS) is 15.9. The molecule has 26 heavy (non-hydrogen) atoms. The number of anilines is 1. The van der Waals surface area contributed by atoms with Crippen LogP contribution in [0.5, 0.6) is 5.75 Å². The summed E-state index contributed by atoms with van der Waals surface area (Å²) in [7, 11) is 1.63. The van der Waals surface area contributed by atoms with Crippen molar-refractivity contribution in [3.63, 3.8) is 0 Å². The largest absolute Gasteiger partial charge is 0.435 e. The molecule has 0 radical (unpaired) electrons. The number of hydrogen-bond donors (Lipinski definition) is 1. The molecule has 2 aromatic carbocycles. The van der Waals surface area contributed by atoms with Crippen LogP contribution in [0, 0.1) is 10.1 Å². The smallest absolute Gasteiger partial charge is 0.317 e. The van der Waals surface area contributed by atoms with E-state index in [0.29, 0.717) is 5.75 Å². The van der Waals surface area contributed by atoms with Crippen LogP contribution in [-0.2, 0) is 0 Å². The Morgan fingerprint density at radius 3 is 2.35 bits per heavy atom. The lowest BCUT2D eigenvalue weighted by atomic mass is 9.86. The summed E-state index contributed by atoms with van der Waals surface area (Å²) >= 11 is 0. The van der Waals surface area contributed by atoms with Crippen LogP contribution in [0.15, 0.2) is 60.1 Å². The second kappa shape index (κ2) is 7.47. The number of hydrogen-bond acceptors (Lipinski definition) is 5. The van der Waals surface area contributed by atoms with Crippen LogP contribution in [-0.4, -0.2) is 25.1 Å². The maximum atomic E-state index is 11.8. The zero-order valence-corrected chi connectivity index (χ0v) is 15.2. The van der Waals surface area contributed by atoms with Gasteiger partial charge in [-0.3, -0.25) is 10.1 Å². The fourth-order valence-corrected chi connectivity index (χ4v) is 3.42. The number of nitro groups is 1. The molecule has 0 bridgehead atoms. The molecule has 0 saturated carbocycles. The molecule has 0 unspecified atom stereocenters. The summed E-state index contributed by atoms with van der Waals surface area (Å²) < 4.78 is 5.72. The second-order valence-electron chi connectivity index (χ2n) is 6.06. The molecule has 0 amide bonds. The Bertz CT molecular complexity index is 826. The molecule has 1 atom stereocenters. The lowest BCUT2D eigenvalue weighted by Gasteiger charge is -2.26. The molecule has 6 heteroatoms. The maximum Gasteiger partial charge on any atom is 0.317 e. The lowest BCUT2D eigenvalue weighted by molar-refractivity contribution is -0.432. The number of benzene rings is 2. The molecule has 6 nitrogen and oxygen atoms in total. The predicted molar refractivity (Wildman–Crippen MR) is 102 cm³/mol. The molecule has 1 aliphatic heterocycles. The molecule has 1 heterocycles. The van der Waals surface area contributed by atoms with Crippen LogP contribution in [0.1, 0.15) is 30.9 Å². The third-order valence-corrected chi connectivity index (χ3v) is 4.73. The highest BCUT2D eigenvalue weighted by atomic mass is 16.6. The van der Waals surface area contributed by atoms with Gasteiger partial charge in [0.05, 0.1) is 4.92 Å². The number of nitrogens with zero attached hydrogens (tertiary/aromatic N) is 2. The number of nitrogens with one attached hydrogen (secondary N) is 1. The van der Waals surface area contributed by atoms with Crippen LogP contribution < -0.4 is 15.0 Å². The average Bonchev–Trinajstić information content (AvgIpc) is 2.67. The fraction of sp³-hybridized carbons (Fsp3) is 0.300. The highest BCUT2D eigenvalue weighted by Gasteiger charge is 2.39. The van der Waals surface area contributed by atoms with Gasteiger partial charge >= 0.3 is 5.70 Å². The first-order chi connectivity index (χ1) is 12.6. The van der Waals surface area contributed by atoms with Crippen molar-refractivity contribution in [3.8, 4) is 5.75 Å². The molecule has 0 saturated heterocycles. The summed E-state index contributed by atoms with van der Waals surface area (Å²) in [6, 6.07) is 15.4. The Labute approximate surface area is 153 Å². The van der Waals surface area contributed by atoms with Crippen molar-refractivity contribution >= 4 is 5.69 Å². The molecule has 136 valence electrons. The van der Waals surface area contributed by atoms with Gasteiger partial charge in [0, 0.05) is 31.4 Å². The van der Waals surface area contributed by atoms with E-state index in [0.717, 1.165) is 29.9 Å². The van der Waals surface area contributed by atoms with Crippen molar-refractivity contribution in [2.75, 3.05) is 25.0 Å². The van der Waals surface area contributed by atoms with Gasteiger partial charge in [0.2, 0.25) is 0 Å². The van der Waals surface area contributed by atoms with Gasteiger partial charge in [-0.25, -0.2) is 0 Å². The van der Waals surface area contributed by atoms with Crippen LogP contribution in [0.25, 0.3) is 0 Å². The summed E-state index contributed by atoms with van der Waals surface area (Å²) in [6.07, 6.45) is 0. The lowest BCUT2D eigenvalue weighted by Crippen LogP contribution is -2.27. The SMILES string of the molecule is CCN(CC)c1ccc([C@@H]2C([N+](=O)[O-])=C(NC)Oc3ccccc32)cc1. The van der Waals surface area contributed by atoms with Gasteiger partial charge in [0.15, 0.2) is 0 Å². The molecule has 3 rings (SSSR count). The van der Waals surface area contributed by atoms with Crippen LogP contribution >= 0.6 is 0 Å². The van der Waals surface area contributed by atoms with E-state index >= 15 is 0 Å². The van der Waals surface area contributed by atoms with E-state index in [-0.39, 0.29) is 16.5 Å². The summed E-state index contributed by atoms with van der Waals surface area (Å²) in [5, 5.41) is 14.6. The molecule has 1 N–H and O–H groups in total. The molecule has 0 fully saturated rings. The molecular formula is C20H23N3O3. The summed E-state index contributed by atoms with van der Waals surface area (Å²) in [4.78, 5) is 13.7. The van der Waals surface area contributed by atoms with Gasteiger partial charge in [-0.2, -0.15) is 0 Å². The maximum absolute atomic E-state index is 11.8. The summed E-state index contributed by atoms with van der Waals surface area (Å²) in [5.41, 5.74) is 2.81. The number of allylic oxidation sites excluding steroid dienone is 1. The van der Waals surface area contributed by atoms with Crippen molar-refractivity contribution in [1.29, 1.82) is 0 Å². The minimum Gasteiger partial charge on any atom is -0.435 e. The zero-order valence-electron chi connectivity index (χ0n) is 15.2. The third-order valence-electron chi connectivity index (χ3n) is 4.73. The van der Waals surface area contributed by atoms with E-state index < -0.39 is 5.92 Å². The summed E-state index contributed by atoms with van der Waals surface area (Å²) in [5.74, 6) is 0.343. The average molecular weight is 353 g/mol. The molecule has 2 aromatic rings. The highest BCUT2D eigenvalue weighted by molar-refractivity contribution is 5.54. The Balaban J connectivity index is 2.11. The van der Waals surface area contributed by atoms with Crippen molar-refractivity contribution in [1.82, 2.24) is 5.32 Å². The van der Waals surface area contributed by atoms with Gasteiger partial charge in [-0.05, 0) is 37.6 Å². The van der Waals surface area contributed by atoms with Crippen LogP contribution in [0.3, 0.4) is 0 Å². The fourth-order valence-electron chi connectivity index (χ4n) is 3.42. The third kappa shape index (κ3) is 3.10.